The SMILES string of the molecule is [CH2]CCOCCC#CC(F)(F)F. The van der Waals surface area contributed by atoms with Crippen molar-refractivity contribution in [3.05, 3.63) is 6.92 Å². The standard InChI is InChI=1S/C8H10F3O/c1-2-6-12-7-4-3-5-8(9,10)11/h1-2,4,6-7H2. The Kier molecular flexibility index (Phi) is 5.56. The fourth-order valence-corrected chi connectivity index (χ4v) is 0.490. The van der Waals surface area contributed by atoms with Crippen LogP contribution in [0.4, 0.5) is 13.2 Å². The molecule has 0 aliphatic carbocycles. The maximum absolute atomic E-state index is 11.4. The Labute approximate surface area is 69.9 Å². The summed E-state index contributed by atoms with van der Waals surface area (Å²) in [5, 5.41) is 0. The van der Waals surface area contributed by atoms with E-state index in [-0.39, 0.29) is 13.0 Å². The van der Waals surface area contributed by atoms with Gasteiger partial charge in [-0.2, -0.15) is 13.2 Å². The van der Waals surface area contributed by atoms with Crippen LogP contribution < -0.4 is 0 Å². The van der Waals surface area contributed by atoms with Gasteiger partial charge in [-0.15, -0.1) is 0 Å². The molecular formula is C8H10F3O. The molecule has 0 saturated heterocycles. The topological polar surface area (TPSA) is 9.23 Å². The minimum Gasteiger partial charge on any atom is -0.380 e. The van der Waals surface area contributed by atoms with E-state index in [2.05, 4.69) is 6.92 Å². The Bertz CT molecular complexity index is 163. The van der Waals surface area contributed by atoms with Crippen molar-refractivity contribution in [2.24, 2.45) is 0 Å². The summed E-state index contributed by atoms with van der Waals surface area (Å²) < 4.78 is 39.1. The average molecular weight is 179 g/mol. The third-order valence-electron chi connectivity index (χ3n) is 0.890. The molecule has 0 unspecified atom stereocenters. The molecule has 1 radical (unpaired) electrons. The van der Waals surface area contributed by atoms with Crippen molar-refractivity contribution in [3.8, 4) is 11.8 Å². The van der Waals surface area contributed by atoms with Gasteiger partial charge in [0.2, 0.25) is 0 Å². The zero-order chi connectivity index (χ0) is 9.45. The van der Waals surface area contributed by atoms with Crippen molar-refractivity contribution in [1.29, 1.82) is 0 Å². The molecule has 0 bridgehead atoms. The van der Waals surface area contributed by atoms with Crippen LogP contribution in [0.2, 0.25) is 0 Å². The van der Waals surface area contributed by atoms with Gasteiger partial charge in [0.15, 0.2) is 0 Å². The van der Waals surface area contributed by atoms with Crippen molar-refractivity contribution in [2.45, 2.75) is 19.0 Å². The summed E-state index contributed by atoms with van der Waals surface area (Å²) in [6.45, 7) is 4.20. The molecule has 4 heteroatoms. The molecule has 0 rings (SSSR count). The van der Waals surface area contributed by atoms with Crippen LogP contribution in [-0.2, 0) is 4.74 Å². The van der Waals surface area contributed by atoms with E-state index in [4.69, 9.17) is 4.74 Å². The van der Waals surface area contributed by atoms with Crippen LogP contribution >= 0.6 is 0 Å². The predicted molar refractivity (Wildman–Crippen MR) is 39.2 cm³/mol. The van der Waals surface area contributed by atoms with E-state index < -0.39 is 6.18 Å². The van der Waals surface area contributed by atoms with Crippen LogP contribution in [0.5, 0.6) is 0 Å². The lowest BCUT2D eigenvalue weighted by atomic mass is 10.4. The minimum absolute atomic E-state index is 0.111. The Morgan fingerprint density at radius 3 is 2.42 bits per heavy atom. The highest BCUT2D eigenvalue weighted by Gasteiger charge is 2.22. The number of rotatable bonds is 4. The fourth-order valence-electron chi connectivity index (χ4n) is 0.490. The van der Waals surface area contributed by atoms with Crippen molar-refractivity contribution >= 4 is 0 Å². The predicted octanol–water partition coefficient (Wildman–Crippen LogP) is 2.18. The molecule has 0 spiro atoms. The number of alkyl halides is 3. The number of ether oxygens (including phenoxy) is 1. The molecule has 0 aliphatic heterocycles. The van der Waals surface area contributed by atoms with Crippen molar-refractivity contribution in [3.63, 3.8) is 0 Å². The molecule has 0 atom stereocenters. The molecule has 0 fully saturated rings. The second-order valence-electron chi connectivity index (χ2n) is 2.02. The molecule has 0 aliphatic rings. The zero-order valence-electron chi connectivity index (χ0n) is 6.58. The number of hydrogen-bond donors (Lipinski definition) is 0. The first kappa shape index (κ1) is 11.3. The van der Waals surface area contributed by atoms with Crippen LogP contribution in [-0.4, -0.2) is 19.4 Å². The smallest absolute Gasteiger partial charge is 0.380 e. The summed E-state index contributed by atoms with van der Waals surface area (Å²) >= 11 is 0. The summed E-state index contributed by atoms with van der Waals surface area (Å²) in [6, 6.07) is 0. The van der Waals surface area contributed by atoms with E-state index in [9.17, 15) is 13.2 Å². The van der Waals surface area contributed by atoms with Gasteiger partial charge in [-0.05, 0) is 6.42 Å². The lowest BCUT2D eigenvalue weighted by molar-refractivity contribution is -0.0697. The molecule has 0 aromatic heterocycles. The minimum atomic E-state index is -4.38. The maximum Gasteiger partial charge on any atom is 0.457 e. The zero-order valence-corrected chi connectivity index (χ0v) is 6.58. The summed E-state index contributed by atoms with van der Waals surface area (Å²) in [5.41, 5.74) is 0. The van der Waals surface area contributed by atoms with Gasteiger partial charge in [0.05, 0.1) is 6.61 Å². The fraction of sp³-hybridized carbons (Fsp3) is 0.625. The second-order valence-corrected chi connectivity index (χ2v) is 2.02. The van der Waals surface area contributed by atoms with Crippen molar-refractivity contribution < 1.29 is 17.9 Å². The molecule has 69 valence electrons. The van der Waals surface area contributed by atoms with E-state index in [1.54, 1.807) is 0 Å². The highest BCUT2D eigenvalue weighted by atomic mass is 19.4. The maximum atomic E-state index is 11.4. The summed E-state index contributed by atoms with van der Waals surface area (Å²) in [5.74, 6) is 3.12. The van der Waals surface area contributed by atoms with Crippen LogP contribution in [0.25, 0.3) is 0 Å². The van der Waals surface area contributed by atoms with E-state index in [0.717, 1.165) is 5.92 Å². The van der Waals surface area contributed by atoms with E-state index in [0.29, 0.717) is 13.0 Å². The van der Waals surface area contributed by atoms with Gasteiger partial charge in [0, 0.05) is 18.9 Å². The van der Waals surface area contributed by atoms with E-state index >= 15 is 0 Å². The first-order valence-electron chi connectivity index (χ1n) is 3.50. The molecule has 0 aromatic carbocycles. The van der Waals surface area contributed by atoms with E-state index in [1.807, 2.05) is 5.92 Å². The molecule has 0 saturated carbocycles. The van der Waals surface area contributed by atoms with Gasteiger partial charge >= 0.3 is 6.18 Å². The summed E-state index contributed by atoms with van der Waals surface area (Å²) in [6.07, 6.45) is -3.65. The molecule has 0 amide bonds. The number of halogens is 3. The van der Waals surface area contributed by atoms with Gasteiger partial charge in [-0.3, -0.25) is 0 Å². The van der Waals surface area contributed by atoms with Crippen molar-refractivity contribution in [2.75, 3.05) is 13.2 Å². The average Bonchev–Trinajstić information content (AvgIpc) is 1.94. The molecule has 0 aromatic rings. The highest BCUT2D eigenvalue weighted by molar-refractivity contribution is 5.04. The summed E-state index contributed by atoms with van der Waals surface area (Å²) in [7, 11) is 0. The molecule has 0 N–H and O–H groups in total. The Balaban J connectivity index is 3.34. The highest BCUT2D eigenvalue weighted by Crippen LogP contribution is 2.11. The quantitative estimate of drug-likeness (QED) is 0.474. The lowest BCUT2D eigenvalue weighted by Crippen LogP contribution is -2.02. The first-order chi connectivity index (χ1) is 5.56. The van der Waals surface area contributed by atoms with Crippen LogP contribution in [0.1, 0.15) is 12.8 Å². The molecule has 1 nitrogen and oxygen atoms in total. The second kappa shape index (κ2) is 5.90. The van der Waals surface area contributed by atoms with Crippen LogP contribution in [0, 0.1) is 18.8 Å². The number of hydrogen-bond acceptors (Lipinski definition) is 1. The third-order valence-corrected chi connectivity index (χ3v) is 0.890. The van der Waals surface area contributed by atoms with Crippen molar-refractivity contribution in [1.82, 2.24) is 0 Å². The van der Waals surface area contributed by atoms with Crippen LogP contribution in [0.3, 0.4) is 0 Å². The largest absolute Gasteiger partial charge is 0.457 e. The van der Waals surface area contributed by atoms with Gasteiger partial charge in [0.25, 0.3) is 0 Å². The Hall–Kier alpha value is -0.690. The molecule has 12 heavy (non-hydrogen) atoms. The Morgan fingerprint density at radius 1 is 1.25 bits per heavy atom. The Morgan fingerprint density at radius 2 is 1.92 bits per heavy atom. The normalized spacial score (nSPS) is 10.7. The van der Waals surface area contributed by atoms with Crippen LogP contribution in [0.15, 0.2) is 0 Å². The van der Waals surface area contributed by atoms with E-state index in [1.165, 1.54) is 0 Å². The first-order valence-corrected chi connectivity index (χ1v) is 3.50. The van der Waals surface area contributed by atoms with Gasteiger partial charge < -0.3 is 4.74 Å². The monoisotopic (exact) mass is 179 g/mol. The van der Waals surface area contributed by atoms with Gasteiger partial charge in [0.1, 0.15) is 0 Å². The third kappa shape index (κ3) is 9.31. The van der Waals surface area contributed by atoms with Gasteiger partial charge in [-0.1, -0.05) is 12.8 Å². The van der Waals surface area contributed by atoms with Gasteiger partial charge in [-0.25, -0.2) is 0 Å². The molecular weight excluding hydrogens is 169 g/mol. The lowest BCUT2D eigenvalue weighted by Gasteiger charge is -1.96. The molecule has 0 heterocycles. The summed E-state index contributed by atoms with van der Waals surface area (Å²) in [4.78, 5) is 0.